The largest absolute Gasteiger partial charge is 0.462 e. The van der Waals surface area contributed by atoms with Crippen molar-refractivity contribution in [3.05, 3.63) is 48.6 Å². The van der Waals surface area contributed by atoms with Crippen LogP contribution in [-0.2, 0) is 14.3 Å². The Morgan fingerprint density at radius 1 is 0.556 bits per heavy atom. The minimum Gasteiger partial charge on any atom is -0.462 e. The molecule has 0 fully saturated rings. The van der Waals surface area contributed by atoms with Gasteiger partial charge in [-0.1, -0.05) is 211 Å². The fraction of sp³-hybridized carbons (Fsp3) is 0.792. The summed E-state index contributed by atoms with van der Waals surface area (Å²) in [6.45, 7) is 6.29. The quantitative estimate of drug-likeness (QED) is 0.0329. The van der Waals surface area contributed by atoms with E-state index >= 15 is 0 Å². The van der Waals surface area contributed by atoms with Crippen LogP contribution in [-0.4, -0.2) is 46.9 Å². The van der Waals surface area contributed by atoms with Gasteiger partial charge in [-0.3, -0.25) is 9.59 Å². The first kappa shape index (κ1) is 51.8. The van der Waals surface area contributed by atoms with Gasteiger partial charge in [0.25, 0.3) is 0 Å². The molecule has 0 aliphatic rings. The lowest BCUT2D eigenvalue weighted by molar-refractivity contribution is -0.151. The van der Waals surface area contributed by atoms with Gasteiger partial charge in [0.05, 0.1) is 25.2 Å². The van der Waals surface area contributed by atoms with Crippen LogP contribution in [0.2, 0.25) is 0 Å². The van der Waals surface area contributed by atoms with Crippen LogP contribution in [0, 0.1) is 0 Å². The van der Waals surface area contributed by atoms with Crippen LogP contribution in [0.15, 0.2) is 48.6 Å². The van der Waals surface area contributed by atoms with E-state index in [1.165, 1.54) is 103 Å². The van der Waals surface area contributed by atoms with Gasteiger partial charge in [0.2, 0.25) is 5.91 Å². The van der Waals surface area contributed by atoms with Crippen molar-refractivity contribution in [2.45, 2.75) is 238 Å². The highest BCUT2D eigenvalue weighted by molar-refractivity contribution is 5.77. The second-order valence-corrected chi connectivity index (χ2v) is 15.5. The van der Waals surface area contributed by atoms with Crippen molar-refractivity contribution in [2.75, 3.05) is 6.61 Å². The molecule has 6 heteroatoms. The van der Waals surface area contributed by atoms with Crippen molar-refractivity contribution in [1.29, 1.82) is 0 Å². The average molecular weight is 758 g/mol. The van der Waals surface area contributed by atoms with Crippen LogP contribution in [0.1, 0.15) is 220 Å². The predicted molar refractivity (Wildman–Crippen MR) is 232 cm³/mol. The number of hydrogen-bond donors (Lipinski definition) is 3. The Morgan fingerprint density at radius 2 is 1.00 bits per heavy atom. The van der Waals surface area contributed by atoms with E-state index in [0.29, 0.717) is 19.3 Å². The number of amides is 1. The Balaban J connectivity index is 4.46. The first-order valence-corrected chi connectivity index (χ1v) is 22.9. The molecule has 0 spiro atoms. The molecule has 6 nitrogen and oxygen atoms in total. The number of hydrogen-bond acceptors (Lipinski definition) is 5. The number of carbonyl (C=O) groups is 2. The summed E-state index contributed by atoms with van der Waals surface area (Å²) in [5.74, 6) is -0.524. The maximum absolute atomic E-state index is 13.1. The van der Waals surface area contributed by atoms with E-state index in [1.807, 2.05) is 30.4 Å². The molecule has 0 aromatic heterocycles. The molecule has 3 N–H and O–H groups in total. The lowest BCUT2D eigenvalue weighted by Gasteiger charge is -2.24. The van der Waals surface area contributed by atoms with Gasteiger partial charge in [0.15, 0.2) is 0 Å². The third-order valence-electron chi connectivity index (χ3n) is 10.3. The Hall–Kier alpha value is -2.18. The minimum absolute atomic E-state index is 0.0617. The summed E-state index contributed by atoms with van der Waals surface area (Å²) < 4.78 is 5.85. The van der Waals surface area contributed by atoms with Gasteiger partial charge in [0.1, 0.15) is 6.10 Å². The van der Waals surface area contributed by atoms with Gasteiger partial charge >= 0.3 is 5.97 Å². The van der Waals surface area contributed by atoms with Crippen molar-refractivity contribution in [3.63, 3.8) is 0 Å². The zero-order chi connectivity index (χ0) is 39.6. The van der Waals surface area contributed by atoms with Crippen LogP contribution in [0.3, 0.4) is 0 Å². The van der Waals surface area contributed by atoms with Gasteiger partial charge in [0, 0.05) is 6.42 Å². The Morgan fingerprint density at radius 3 is 1.50 bits per heavy atom. The van der Waals surface area contributed by atoms with E-state index in [2.05, 4.69) is 44.3 Å². The molecule has 54 heavy (non-hydrogen) atoms. The van der Waals surface area contributed by atoms with E-state index in [1.54, 1.807) is 0 Å². The third-order valence-corrected chi connectivity index (χ3v) is 10.3. The standard InChI is InChI=1S/C48H87NO5/c1-4-7-10-13-16-18-20-22-23-25-26-28-31-34-37-40-46(51)45(43-50)49-47(52)42-44(39-36-33-30-15-12-9-6-3)54-48(53)41-38-35-32-29-27-24-21-19-17-14-11-8-5-2/h8,11,14,17,19,21,24,27,44-46,50-51H,4-7,9-10,12-13,15-16,18,20,22-23,25-26,28-43H2,1-3H3,(H,49,52)/b11-8+,17-14+,21-19-,27-24-. The summed E-state index contributed by atoms with van der Waals surface area (Å²) in [6, 6.07) is -0.706. The number of aliphatic hydroxyl groups excluding tert-OH is 2. The molecule has 0 bridgehead atoms. The summed E-state index contributed by atoms with van der Waals surface area (Å²) in [5, 5.41) is 23.6. The second kappa shape index (κ2) is 42.0. The fourth-order valence-corrected chi connectivity index (χ4v) is 6.79. The number of allylic oxidation sites excluding steroid dienone is 8. The summed E-state index contributed by atoms with van der Waals surface area (Å²) in [7, 11) is 0. The Bertz CT molecular complexity index is 941. The molecule has 3 unspecified atom stereocenters. The highest BCUT2D eigenvalue weighted by atomic mass is 16.5. The smallest absolute Gasteiger partial charge is 0.306 e. The van der Waals surface area contributed by atoms with Gasteiger partial charge in [-0.05, 0) is 44.9 Å². The molecule has 314 valence electrons. The molecule has 1 amide bonds. The predicted octanol–water partition coefficient (Wildman–Crippen LogP) is 13.1. The number of carbonyl (C=O) groups excluding carboxylic acids is 2. The van der Waals surface area contributed by atoms with Crippen molar-refractivity contribution in [3.8, 4) is 0 Å². The van der Waals surface area contributed by atoms with Crippen molar-refractivity contribution in [1.82, 2.24) is 5.32 Å². The molecule has 0 heterocycles. The molecule has 0 saturated carbocycles. The van der Waals surface area contributed by atoms with Crippen molar-refractivity contribution in [2.24, 2.45) is 0 Å². The van der Waals surface area contributed by atoms with E-state index in [4.69, 9.17) is 4.74 Å². The molecule has 0 aliphatic heterocycles. The zero-order valence-electron chi connectivity index (χ0n) is 35.6. The van der Waals surface area contributed by atoms with Crippen LogP contribution < -0.4 is 5.32 Å². The molecule has 0 rings (SSSR count). The van der Waals surface area contributed by atoms with E-state index in [0.717, 1.165) is 70.6 Å². The summed E-state index contributed by atoms with van der Waals surface area (Å²) in [5.41, 5.74) is 0. The molecule has 0 aromatic carbocycles. The van der Waals surface area contributed by atoms with Crippen LogP contribution >= 0.6 is 0 Å². The van der Waals surface area contributed by atoms with E-state index < -0.39 is 18.2 Å². The van der Waals surface area contributed by atoms with Gasteiger partial charge in [-0.15, -0.1) is 0 Å². The zero-order valence-corrected chi connectivity index (χ0v) is 35.6. The maximum atomic E-state index is 13.1. The topological polar surface area (TPSA) is 95.9 Å². The van der Waals surface area contributed by atoms with E-state index in [-0.39, 0.29) is 24.9 Å². The van der Waals surface area contributed by atoms with Crippen molar-refractivity contribution < 1.29 is 24.5 Å². The lowest BCUT2D eigenvalue weighted by atomic mass is 10.0. The molecule has 0 aliphatic carbocycles. The molecule has 3 atom stereocenters. The molecular weight excluding hydrogens is 671 g/mol. The van der Waals surface area contributed by atoms with Crippen LogP contribution in [0.5, 0.6) is 0 Å². The third kappa shape index (κ3) is 36.8. The minimum atomic E-state index is -0.791. The fourth-order valence-electron chi connectivity index (χ4n) is 6.79. The first-order chi connectivity index (χ1) is 26.5. The van der Waals surface area contributed by atoms with E-state index in [9.17, 15) is 19.8 Å². The number of ether oxygens (including phenoxy) is 1. The number of esters is 1. The number of aliphatic hydroxyl groups is 2. The van der Waals surface area contributed by atoms with Gasteiger partial charge in [-0.2, -0.15) is 0 Å². The second-order valence-electron chi connectivity index (χ2n) is 15.5. The molecule has 0 saturated heterocycles. The Labute approximate surface area is 334 Å². The number of unbranched alkanes of at least 4 members (excludes halogenated alkanes) is 23. The SMILES string of the molecule is CC/C=C/C=C/C=C\C=C/CCCCCC(=O)OC(CCCCCCCCC)CC(=O)NC(CO)C(O)CCCCCCCCCCCCCCCCC. The normalized spacial score (nSPS) is 13.8. The van der Waals surface area contributed by atoms with Gasteiger partial charge in [-0.25, -0.2) is 0 Å². The maximum Gasteiger partial charge on any atom is 0.306 e. The highest BCUT2D eigenvalue weighted by Crippen LogP contribution is 2.17. The molecule has 0 aromatic rings. The van der Waals surface area contributed by atoms with Crippen molar-refractivity contribution >= 4 is 11.9 Å². The van der Waals surface area contributed by atoms with Crippen LogP contribution in [0.25, 0.3) is 0 Å². The van der Waals surface area contributed by atoms with Gasteiger partial charge < -0.3 is 20.3 Å². The summed E-state index contributed by atoms with van der Waals surface area (Å²) >= 11 is 0. The first-order valence-electron chi connectivity index (χ1n) is 22.9. The van der Waals surface area contributed by atoms with Crippen LogP contribution in [0.4, 0.5) is 0 Å². The molecule has 0 radical (unpaired) electrons. The summed E-state index contributed by atoms with van der Waals surface area (Å²) in [6.07, 6.45) is 49.0. The number of nitrogens with one attached hydrogen (secondary N) is 1. The molecular formula is C48H87NO5. The highest BCUT2D eigenvalue weighted by Gasteiger charge is 2.24. The lowest BCUT2D eigenvalue weighted by Crippen LogP contribution is -2.46. The Kier molecular flexibility index (Phi) is 40.3. The average Bonchev–Trinajstić information content (AvgIpc) is 3.16. The summed E-state index contributed by atoms with van der Waals surface area (Å²) in [4.78, 5) is 25.9. The number of rotatable bonds is 40. The monoisotopic (exact) mass is 758 g/mol.